The summed E-state index contributed by atoms with van der Waals surface area (Å²) in [6.07, 6.45) is 67.8. The van der Waals surface area contributed by atoms with Gasteiger partial charge in [-0.15, -0.1) is 0 Å². The summed E-state index contributed by atoms with van der Waals surface area (Å²) < 4.78 is 5.93. The van der Waals surface area contributed by atoms with Gasteiger partial charge in [-0.25, -0.2) is 0 Å². The van der Waals surface area contributed by atoms with Crippen molar-refractivity contribution >= 4 is 11.9 Å². The maximum atomic E-state index is 13.2. The van der Waals surface area contributed by atoms with Crippen LogP contribution in [-0.2, 0) is 14.3 Å². The van der Waals surface area contributed by atoms with E-state index in [4.69, 9.17) is 4.74 Å². The van der Waals surface area contributed by atoms with Gasteiger partial charge >= 0.3 is 5.97 Å². The zero-order valence-electron chi connectivity index (χ0n) is 42.6. The minimum absolute atomic E-state index is 0.0536. The fourth-order valence-corrected chi connectivity index (χ4v) is 7.97. The SMILES string of the molecule is CC/C=C/C/C=C/CCCCCCCC(CC(=O)NC(CO)C(O)CCCCCCCCCCCCCCCCCC)OC(=O)CCCCCCC/C=C/C=C/C=C/C=C/C=C/CCC. The second-order valence-electron chi connectivity index (χ2n) is 18.4. The number of amides is 1. The lowest BCUT2D eigenvalue weighted by Gasteiger charge is -2.24. The first kappa shape index (κ1) is 62.0. The molecule has 0 aliphatic rings. The molecule has 0 saturated carbocycles. The summed E-state index contributed by atoms with van der Waals surface area (Å²) in [6.45, 7) is 6.29. The Hall–Kier alpha value is -2.96. The fourth-order valence-electron chi connectivity index (χ4n) is 7.97. The van der Waals surface area contributed by atoms with Gasteiger partial charge in [0.1, 0.15) is 6.10 Å². The number of ether oxygens (including phenoxy) is 1. The highest BCUT2D eigenvalue weighted by Crippen LogP contribution is 2.18. The smallest absolute Gasteiger partial charge is 0.306 e. The minimum atomic E-state index is -0.801. The molecule has 0 bridgehead atoms. The van der Waals surface area contributed by atoms with E-state index in [0.29, 0.717) is 19.3 Å². The van der Waals surface area contributed by atoms with E-state index in [9.17, 15) is 19.8 Å². The van der Waals surface area contributed by atoms with Gasteiger partial charge in [0, 0.05) is 6.42 Å². The van der Waals surface area contributed by atoms with Crippen molar-refractivity contribution in [2.24, 2.45) is 0 Å². The molecule has 3 atom stereocenters. The molecule has 0 radical (unpaired) electrons. The van der Waals surface area contributed by atoms with Gasteiger partial charge in [0.05, 0.1) is 25.2 Å². The molecule has 0 spiro atoms. The average molecular weight is 906 g/mol. The molecule has 0 aliphatic heterocycles. The van der Waals surface area contributed by atoms with E-state index in [1.807, 2.05) is 24.3 Å². The van der Waals surface area contributed by atoms with Crippen LogP contribution < -0.4 is 5.32 Å². The zero-order valence-corrected chi connectivity index (χ0v) is 42.6. The molecular weight excluding hydrogens is 803 g/mol. The summed E-state index contributed by atoms with van der Waals surface area (Å²) in [6, 6.07) is -0.716. The van der Waals surface area contributed by atoms with Crippen LogP contribution in [0.5, 0.6) is 0 Å². The first-order chi connectivity index (χ1) is 32.0. The second-order valence-corrected chi connectivity index (χ2v) is 18.4. The molecule has 65 heavy (non-hydrogen) atoms. The fraction of sp³-hybridized carbons (Fsp3) is 0.729. The van der Waals surface area contributed by atoms with Gasteiger partial charge in [-0.05, 0) is 70.6 Å². The highest BCUT2D eigenvalue weighted by atomic mass is 16.5. The highest BCUT2D eigenvalue weighted by Gasteiger charge is 2.24. The summed E-state index contributed by atoms with van der Waals surface area (Å²) >= 11 is 0. The third kappa shape index (κ3) is 47.3. The van der Waals surface area contributed by atoms with Gasteiger partial charge in [-0.3, -0.25) is 9.59 Å². The van der Waals surface area contributed by atoms with Crippen LogP contribution in [0.1, 0.15) is 252 Å². The first-order valence-corrected chi connectivity index (χ1v) is 27.4. The maximum absolute atomic E-state index is 13.2. The Kier molecular flexibility index (Phi) is 49.6. The van der Waals surface area contributed by atoms with Gasteiger partial charge in [-0.2, -0.15) is 0 Å². The average Bonchev–Trinajstić information content (AvgIpc) is 3.30. The Labute approximate surface area is 402 Å². The van der Waals surface area contributed by atoms with Crippen LogP contribution in [-0.4, -0.2) is 46.9 Å². The van der Waals surface area contributed by atoms with E-state index in [-0.39, 0.29) is 24.9 Å². The Bertz CT molecular complexity index is 1250. The molecule has 0 aromatic rings. The molecule has 374 valence electrons. The van der Waals surface area contributed by atoms with E-state index in [0.717, 1.165) is 109 Å². The Morgan fingerprint density at radius 1 is 0.477 bits per heavy atom. The number of rotatable bonds is 48. The molecule has 3 unspecified atom stereocenters. The number of aliphatic hydroxyl groups is 2. The molecule has 0 aliphatic carbocycles. The normalized spacial score (nSPS) is 13.9. The van der Waals surface area contributed by atoms with Crippen molar-refractivity contribution in [1.82, 2.24) is 5.32 Å². The monoisotopic (exact) mass is 906 g/mol. The number of esters is 1. The molecule has 0 aromatic carbocycles. The predicted octanol–water partition coefficient (Wildman–Crippen LogP) is 16.7. The van der Waals surface area contributed by atoms with Crippen LogP contribution in [0.4, 0.5) is 0 Å². The molecule has 0 rings (SSSR count). The van der Waals surface area contributed by atoms with Crippen LogP contribution in [0.25, 0.3) is 0 Å². The molecule has 0 saturated heterocycles. The van der Waals surface area contributed by atoms with Crippen LogP contribution >= 0.6 is 0 Å². The summed E-state index contributed by atoms with van der Waals surface area (Å²) in [5.74, 6) is -0.518. The lowest BCUT2D eigenvalue weighted by Crippen LogP contribution is -2.46. The topological polar surface area (TPSA) is 95.9 Å². The second kappa shape index (κ2) is 52.0. The molecule has 0 heterocycles. The van der Waals surface area contributed by atoms with Crippen molar-refractivity contribution in [2.75, 3.05) is 6.61 Å². The number of allylic oxidation sites excluding steroid dienone is 14. The molecule has 6 heteroatoms. The molecule has 0 aromatic heterocycles. The molecular formula is C59H103NO5. The maximum Gasteiger partial charge on any atom is 0.306 e. The van der Waals surface area contributed by atoms with E-state index >= 15 is 0 Å². The number of carbonyl (C=O) groups excluding carboxylic acids is 2. The summed E-state index contributed by atoms with van der Waals surface area (Å²) in [7, 11) is 0. The van der Waals surface area contributed by atoms with E-state index in [2.05, 4.69) is 86.8 Å². The Balaban J connectivity index is 4.58. The van der Waals surface area contributed by atoms with Crippen LogP contribution in [0.15, 0.2) is 85.1 Å². The summed E-state index contributed by atoms with van der Waals surface area (Å²) in [4.78, 5) is 26.2. The third-order valence-corrected chi connectivity index (χ3v) is 12.1. The number of unbranched alkanes of at least 4 members (excludes halogenated alkanes) is 26. The van der Waals surface area contributed by atoms with Crippen LogP contribution in [0.3, 0.4) is 0 Å². The van der Waals surface area contributed by atoms with Gasteiger partial charge in [0.25, 0.3) is 0 Å². The van der Waals surface area contributed by atoms with Crippen molar-refractivity contribution < 1.29 is 24.5 Å². The zero-order chi connectivity index (χ0) is 47.4. The summed E-state index contributed by atoms with van der Waals surface area (Å²) in [5.41, 5.74) is 0. The Morgan fingerprint density at radius 3 is 1.45 bits per heavy atom. The van der Waals surface area contributed by atoms with Gasteiger partial charge in [-0.1, -0.05) is 254 Å². The largest absolute Gasteiger partial charge is 0.462 e. The number of hydrogen-bond acceptors (Lipinski definition) is 5. The molecule has 1 amide bonds. The lowest BCUT2D eigenvalue weighted by atomic mass is 10.0. The van der Waals surface area contributed by atoms with E-state index < -0.39 is 18.2 Å². The Morgan fingerprint density at radius 2 is 0.923 bits per heavy atom. The van der Waals surface area contributed by atoms with Crippen LogP contribution in [0.2, 0.25) is 0 Å². The third-order valence-electron chi connectivity index (χ3n) is 12.1. The minimum Gasteiger partial charge on any atom is -0.462 e. The summed E-state index contributed by atoms with van der Waals surface area (Å²) in [5, 5.41) is 23.8. The van der Waals surface area contributed by atoms with E-state index in [1.165, 1.54) is 96.3 Å². The highest BCUT2D eigenvalue weighted by molar-refractivity contribution is 5.77. The quantitative estimate of drug-likeness (QED) is 0.0245. The molecule has 6 nitrogen and oxygen atoms in total. The number of aliphatic hydroxyl groups excluding tert-OH is 2. The van der Waals surface area contributed by atoms with Crippen molar-refractivity contribution in [3.05, 3.63) is 85.1 Å². The predicted molar refractivity (Wildman–Crippen MR) is 282 cm³/mol. The first-order valence-electron chi connectivity index (χ1n) is 27.4. The molecule has 3 N–H and O–H groups in total. The van der Waals surface area contributed by atoms with E-state index in [1.54, 1.807) is 0 Å². The van der Waals surface area contributed by atoms with Gasteiger partial charge < -0.3 is 20.3 Å². The lowest BCUT2D eigenvalue weighted by molar-refractivity contribution is -0.151. The van der Waals surface area contributed by atoms with Crippen molar-refractivity contribution in [3.8, 4) is 0 Å². The molecule has 0 fully saturated rings. The van der Waals surface area contributed by atoms with Gasteiger partial charge in [0.15, 0.2) is 0 Å². The van der Waals surface area contributed by atoms with Crippen molar-refractivity contribution in [2.45, 2.75) is 270 Å². The van der Waals surface area contributed by atoms with Crippen molar-refractivity contribution in [3.63, 3.8) is 0 Å². The van der Waals surface area contributed by atoms with Crippen LogP contribution in [0, 0.1) is 0 Å². The number of nitrogens with one attached hydrogen (secondary N) is 1. The van der Waals surface area contributed by atoms with Gasteiger partial charge in [0.2, 0.25) is 5.91 Å². The number of carbonyl (C=O) groups is 2. The number of hydrogen-bond donors (Lipinski definition) is 3. The standard InChI is InChI=1S/C59H103NO5/c1-4-7-10-13-16-19-22-25-27-29-30-32-34-37-40-43-46-49-52-59(64)65-55(50-47-44-41-38-35-24-21-18-15-12-9-6-3)53-58(63)60-56(54-61)57(62)51-48-45-42-39-36-33-31-28-26-23-20-17-14-11-8-5-2/h9-10,12-13,16,18-19,21-22,25,27,29-30,32,55-57,61-62H,4-8,11,14-15,17,20,23-24,26,28,31,33-54H2,1-3H3,(H,60,63)/b12-9+,13-10+,19-16+,21-18+,25-22+,29-27+,32-30+. The van der Waals surface area contributed by atoms with Crippen molar-refractivity contribution in [1.29, 1.82) is 0 Å².